The molecule has 0 spiro atoms. The number of amides is 2. The number of carbonyl (C=O) groups excluding carboxylic acids is 1. The number of rotatable bonds is 5. The first-order chi connectivity index (χ1) is 8.82. The van der Waals surface area contributed by atoms with E-state index in [9.17, 15) is 13.2 Å². The zero-order chi connectivity index (χ0) is 14.5. The van der Waals surface area contributed by atoms with E-state index < -0.39 is 9.84 Å². The molecule has 19 heavy (non-hydrogen) atoms. The Hall–Kier alpha value is -1.60. The van der Waals surface area contributed by atoms with Crippen LogP contribution in [0.4, 0.5) is 10.5 Å². The number of hydrogen-bond acceptors (Lipinski definition) is 4. The third-order valence-corrected chi connectivity index (χ3v) is 3.46. The molecule has 0 fully saturated rings. The van der Waals surface area contributed by atoms with Gasteiger partial charge in [-0.15, -0.1) is 0 Å². The lowest BCUT2D eigenvalue weighted by Gasteiger charge is -2.13. The lowest BCUT2D eigenvalue weighted by molar-refractivity contribution is 0.173. The van der Waals surface area contributed by atoms with Crippen LogP contribution in [0.1, 0.15) is 6.92 Å². The summed E-state index contributed by atoms with van der Waals surface area (Å²) in [5, 5.41) is 5.29. The van der Waals surface area contributed by atoms with Crippen LogP contribution in [0.15, 0.2) is 29.2 Å². The van der Waals surface area contributed by atoms with Gasteiger partial charge < -0.3 is 15.4 Å². The van der Waals surface area contributed by atoms with Gasteiger partial charge in [0.2, 0.25) is 0 Å². The van der Waals surface area contributed by atoms with Crippen molar-refractivity contribution in [3.8, 4) is 0 Å². The maximum atomic E-state index is 11.6. The quantitative estimate of drug-likeness (QED) is 0.853. The summed E-state index contributed by atoms with van der Waals surface area (Å²) in [4.78, 5) is 11.8. The molecule has 0 heterocycles. The molecule has 0 aliphatic rings. The topological polar surface area (TPSA) is 84.5 Å². The molecular weight excluding hydrogens is 268 g/mol. The molecule has 106 valence electrons. The number of hydrogen-bond donors (Lipinski definition) is 2. The lowest BCUT2D eigenvalue weighted by atomic mass is 10.3. The molecule has 1 atom stereocenters. The van der Waals surface area contributed by atoms with Crippen molar-refractivity contribution in [3.63, 3.8) is 0 Å². The van der Waals surface area contributed by atoms with Crippen molar-refractivity contribution in [2.24, 2.45) is 0 Å². The van der Waals surface area contributed by atoms with Crippen molar-refractivity contribution in [3.05, 3.63) is 24.3 Å². The van der Waals surface area contributed by atoms with E-state index >= 15 is 0 Å². The van der Waals surface area contributed by atoms with E-state index in [0.717, 1.165) is 6.26 Å². The molecule has 1 aromatic carbocycles. The Morgan fingerprint density at radius 2 is 1.89 bits per heavy atom. The molecule has 0 saturated carbocycles. The van der Waals surface area contributed by atoms with Crippen molar-refractivity contribution < 1.29 is 17.9 Å². The summed E-state index contributed by atoms with van der Waals surface area (Å²) in [6, 6.07) is 5.50. The Balaban J connectivity index is 2.61. The minimum Gasteiger partial charge on any atom is -0.383 e. The maximum absolute atomic E-state index is 11.6. The zero-order valence-electron chi connectivity index (χ0n) is 11.1. The van der Waals surface area contributed by atoms with E-state index in [1.807, 2.05) is 6.92 Å². The zero-order valence-corrected chi connectivity index (χ0v) is 12.0. The molecule has 0 aliphatic carbocycles. The molecular formula is C12H18N2O4S. The second-order valence-electron chi connectivity index (χ2n) is 4.25. The molecule has 7 heteroatoms. The van der Waals surface area contributed by atoms with E-state index in [2.05, 4.69) is 10.6 Å². The van der Waals surface area contributed by atoms with Gasteiger partial charge in [-0.3, -0.25) is 0 Å². The average molecular weight is 286 g/mol. The van der Waals surface area contributed by atoms with Gasteiger partial charge in [0, 0.05) is 19.1 Å². The minimum atomic E-state index is -3.22. The standard InChI is InChI=1S/C12H18N2O4S/c1-9(8-18-2)13-12(15)14-10-4-6-11(7-5-10)19(3,16)17/h4-7,9H,8H2,1-3H3,(H2,13,14,15)/t9-/m0/s1. The van der Waals surface area contributed by atoms with Crippen molar-refractivity contribution in [2.75, 3.05) is 25.3 Å². The molecule has 0 aliphatic heterocycles. The third-order valence-electron chi connectivity index (χ3n) is 2.33. The highest BCUT2D eigenvalue weighted by Crippen LogP contribution is 2.13. The highest BCUT2D eigenvalue weighted by Gasteiger charge is 2.09. The Morgan fingerprint density at radius 1 is 1.32 bits per heavy atom. The van der Waals surface area contributed by atoms with Crippen molar-refractivity contribution >= 4 is 21.6 Å². The number of carbonyl (C=O) groups is 1. The summed E-state index contributed by atoms with van der Waals surface area (Å²) >= 11 is 0. The van der Waals surface area contributed by atoms with Gasteiger partial charge in [-0.05, 0) is 31.2 Å². The molecule has 2 amide bonds. The number of benzene rings is 1. The van der Waals surface area contributed by atoms with E-state index in [1.54, 1.807) is 7.11 Å². The van der Waals surface area contributed by atoms with Gasteiger partial charge in [-0.1, -0.05) is 0 Å². The van der Waals surface area contributed by atoms with E-state index in [0.29, 0.717) is 12.3 Å². The first kappa shape index (κ1) is 15.5. The Bertz CT molecular complexity index is 525. The predicted octanol–water partition coefficient (Wildman–Crippen LogP) is 1.25. The fourth-order valence-electron chi connectivity index (χ4n) is 1.47. The fourth-order valence-corrected chi connectivity index (χ4v) is 2.10. The number of sulfone groups is 1. The molecule has 0 bridgehead atoms. The number of anilines is 1. The van der Waals surface area contributed by atoms with Gasteiger partial charge in [0.15, 0.2) is 9.84 Å². The van der Waals surface area contributed by atoms with Gasteiger partial charge in [-0.2, -0.15) is 0 Å². The lowest BCUT2D eigenvalue weighted by Crippen LogP contribution is -2.38. The average Bonchev–Trinajstić information content (AvgIpc) is 2.28. The van der Waals surface area contributed by atoms with Crippen LogP contribution >= 0.6 is 0 Å². The second-order valence-corrected chi connectivity index (χ2v) is 6.27. The Kier molecular flexibility index (Phi) is 5.31. The summed E-state index contributed by atoms with van der Waals surface area (Å²) < 4.78 is 27.4. The first-order valence-corrected chi connectivity index (χ1v) is 7.58. The van der Waals surface area contributed by atoms with E-state index in [1.165, 1.54) is 24.3 Å². The number of nitrogens with one attached hydrogen (secondary N) is 2. The van der Waals surface area contributed by atoms with E-state index in [-0.39, 0.29) is 17.0 Å². The van der Waals surface area contributed by atoms with Crippen LogP contribution in [0.2, 0.25) is 0 Å². The molecule has 6 nitrogen and oxygen atoms in total. The molecule has 0 unspecified atom stereocenters. The Labute approximate surface area is 113 Å². The summed E-state index contributed by atoms with van der Waals surface area (Å²) in [5.41, 5.74) is 0.523. The maximum Gasteiger partial charge on any atom is 0.319 e. The number of urea groups is 1. The summed E-state index contributed by atoms with van der Waals surface area (Å²) in [6.07, 6.45) is 1.13. The van der Waals surface area contributed by atoms with Crippen LogP contribution < -0.4 is 10.6 Å². The van der Waals surface area contributed by atoms with Gasteiger partial charge in [0.1, 0.15) is 0 Å². The van der Waals surface area contributed by atoms with Gasteiger partial charge in [0.25, 0.3) is 0 Å². The van der Waals surface area contributed by atoms with Crippen molar-refractivity contribution in [1.82, 2.24) is 5.32 Å². The minimum absolute atomic E-state index is 0.111. The highest BCUT2D eigenvalue weighted by molar-refractivity contribution is 7.90. The summed E-state index contributed by atoms with van der Waals surface area (Å²) in [6.45, 7) is 2.23. The normalized spacial score (nSPS) is 12.8. The largest absolute Gasteiger partial charge is 0.383 e. The smallest absolute Gasteiger partial charge is 0.319 e. The predicted molar refractivity (Wildman–Crippen MR) is 73.0 cm³/mol. The van der Waals surface area contributed by atoms with Crippen molar-refractivity contribution in [2.45, 2.75) is 17.9 Å². The van der Waals surface area contributed by atoms with Crippen LogP contribution in [0.5, 0.6) is 0 Å². The molecule has 0 radical (unpaired) electrons. The van der Waals surface area contributed by atoms with Gasteiger partial charge >= 0.3 is 6.03 Å². The van der Waals surface area contributed by atoms with E-state index in [4.69, 9.17) is 4.74 Å². The van der Waals surface area contributed by atoms with Gasteiger partial charge in [-0.25, -0.2) is 13.2 Å². The molecule has 2 N–H and O–H groups in total. The third kappa shape index (κ3) is 5.27. The number of methoxy groups -OCH3 is 1. The molecule has 0 saturated heterocycles. The van der Waals surface area contributed by atoms with Crippen LogP contribution in [0, 0.1) is 0 Å². The SMILES string of the molecule is COC[C@H](C)NC(=O)Nc1ccc(S(C)(=O)=O)cc1. The Morgan fingerprint density at radius 3 is 2.37 bits per heavy atom. The van der Waals surface area contributed by atoms with Crippen LogP contribution in [-0.2, 0) is 14.6 Å². The van der Waals surface area contributed by atoms with Crippen molar-refractivity contribution in [1.29, 1.82) is 0 Å². The fraction of sp³-hybridized carbons (Fsp3) is 0.417. The number of ether oxygens (including phenoxy) is 1. The molecule has 0 aromatic heterocycles. The monoisotopic (exact) mass is 286 g/mol. The summed E-state index contributed by atoms with van der Waals surface area (Å²) in [7, 11) is -1.66. The van der Waals surface area contributed by atoms with Crippen LogP contribution in [0.3, 0.4) is 0 Å². The van der Waals surface area contributed by atoms with Crippen LogP contribution in [0.25, 0.3) is 0 Å². The highest BCUT2D eigenvalue weighted by atomic mass is 32.2. The first-order valence-electron chi connectivity index (χ1n) is 5.69. The van der Waals surface area contributed by atoms with Crippen LogP contribution in [-0.4, -0.2) is 40.5 Å². The summed E-state index contributed by atoms with van der Waals surface area (Å²) in [5.74, 6) is 0. The second kappa shape index (κ2) is 6.53. The molecule has 1 rings (SSSR count). The van der Waals surface area contributed by atoms with Gasteiger partial charge in [0.05, 0.1) is 17.5 Å². The molecule has 1 aromatic rings.